The lowest BCUT2D eigenvalue weighted by Gasteiger charge is -2.15. The number of carboxylic acids is 1. The van der Waals surface area contributed by atoms with Gasteiger partial charge in [-0.3, -0.25) is 4.84 Å². The number of hydrogen-bond acceptors (Lipinski definition) is 3. The van der Waals surface area contributed by atoms with Gasteiger partial charge < -0.3 is 10.4 Å². The molecular weight excluding hydrogens is 200 g/mol. The first kappa shape index (κ1) is 13.7. The number of nitrogens with one attached hydrogen (secondary N) is 2. The van der Waals surface area contributed by atoms with Crippen molar-refractivity contribution in [1.82, 2.24) is 10.8 Å². The minimum Gasteiger partial charge on any atom is -0.479 e. The van der Waals surface area contributed by atoms with Crippen molar-refractivity contribution in [2.24, 2.45) is 5.92 Å². The molecule has 0 aromatic heterocycles. The minimum absolute atomic E-state index is 0.0263. The van der Waals surface area contributed by atoms with Crippen LogP contribution in [0.5, 0.6) is 0 Å². The molecule has 88 valence electrons. The number of hydrogen-bond donors (Lipinski definition) is 3. The highest BCUT2D eigenvalue weighted by molar-refractivity contribution is 5.73. The topological polar surface area (TPSA) is 87.7 Å². The summed E-state index contributed by atoms with van der Waals surface area (Å²) >= 11 is 0. The Balaban J connectivity index is 3.60. The van der Waals surface area contributed by atoms with Crippen molar-refractivity contribution in [2.75, 3.05) is 6.61 Å². The highest BCUT2D eigenvalue weighted by Crippen LogP contribution is 2.03. The van der Waals surface area contributed by atoms with Crippen LogP contribution in [0.2, 0.25) is 0 Å². The fourth-order valence-corrected chi connectivity index (χ4v) is 1.18. The summed E-state index contributed by atoms with van der Waals surface area (Å²) in [5.74, 6) is -0.647. The highest BCUT2D eigenvalue weighted by atomic mass is 16.7. The second-order valence-electron chi connectivity index (χ2n) is 3.79. The van der Waals surface area contributed by atoms with Gasteiger partial charge in [0.2, 0.25) is 0 Å². The largest absolute Gasteiger partial charge is 0.479 e. The van der Waals surface area contributed by atoms with Crippen molar-refractivity contribution in [1.29, 1.82) is 0 Å². The second kappa shape index (κ2) is 7.05. The van der Waals surface area contributed by atoms with E-state index in [0.29, 0.717) is 5.92 Å². The quantitative estimate of drug-likeness (QED) is 0.574. The molecule has 0 bridgehead atoms. The van der Waals surface area contributed by atoms with Gasteiger partial charge in [0.25, 0.3) is 0 Å². The number of urea groups is 1. The van der Waals surface area contributed by atoms with E-state index in [9.17, 15) is 9.59 Å². The maximum absolute atomic E-state index is 11.1. The predicted octanol–water partition coefficient (Wildman–Crippen LogP) is 0.736. The van der Waals surface area contributed by atoms with Gasteiger partial charge in [0.1, 0.15) is 0 Å². The molecule has 0 radical (unpaired) electrons. The van der Waals surface area contributed by atoms with E-state index in [1.165, 1.54) is 0 Å². The van der Waals surface area contributed by atoms with Crippen molar-refractivity contribution in [2.45, 2.75) is 33.2 Å². The highest BCUT2D eigenvalue weighted by Gasteiger charge is 2.08. The van der Waals surface area contributed by atoms with Gasteiger partial charge in [-0.1, -0.05) is 13.8 Å². The van der Waals surface area contributed by atoms with E-state index in [1.807, 2.05) is 12.4 Å². The molecule has 6 nitrogen and oxygen atoms in total. The average Bonchev–Trinajstić information content (AvgIpc) is 2.00. The maximum Gasteiger partial charge on any atom is 0.338 e. The van der Waals surface area contributed by atoms with Crippen LogP contribution in [-0.4, -0.2) is 29.8 Å². The smallest absolute Gasteiger partial charge is 0.338 e. The van der Waals surface area contributed by atoms with Crippen LogP contribution >= 0.6 is 0 Å². The van der Waals surface area contributed by atoms with Crippen molar-refractivity contribution >= 4 is 12.0 Å². The molecule has 2 amide bonds. The van der Waals surface area contributed by atoms with E-state index in [2.05, 4.69) is 24.0 Å². The molecule has 0 aromatic carbocycles. The van der Waals surface area contributed by atoms with Gasteiger partial charge in [-0.15, -0.1) is 0 Å². The lowest BCUT2D eigenvalue weighted by Crippen LogP contribution is -2.41. The van der Waals surface area contributed by atoms with Gasteiger partial charge in [-0.05, 0) is 19.3 Å². The summed E-state index contributed by atoms with van der Waals surface area (Å²) in [6.45, 7) is 5.43. The van der Waals surface area contributed by atoms with E-state index >= 15 is 0 Å². The first-order valence-electron chi connectivity index (χ1n) is 4.82. The molecule has 0 saturated carbocycles. The van der Waals surface area contributed by atoms with Crippen LogP contribution in [0.3, 0.4) is 0 Å². The van der Waals surface area contributed by atoms with Gasteiger partial charge in [0.05, 0.1) is 0 Å². The van der Waals surface area contributed by atoms with Gasteiger partial charge in [-0.25, -0.2) is 15.1 Å². The number of aliphatic carboxylic acids is 1. The third kappa shape index (κ3) is 9.01. The van der Waals surface area contributed by atoms with E-state index in [-0.39, 0.29) is 6.04 Å². The Labute approximate surface area is 88.9 Å². The van der Waals surface area contributed by atoms with Gasteiger partial charge in [0.15, 0.2) is 6.61 Å². The first-order valence-corrected chi connectivity index (χ1v) is 4.82. The summed E-state index contributed by atoms with van der Waals surface area (Å²) in [6, 6.07) is -0.497. The van der Waals surface area contributed by atoms with E-state index in [4.69, 9.17) is 5.11 Å². The molecule has 3 N–H and O–H groups in total. The summed E-state index contributed by atoms with van der Waals surface area (Å²) < 4.78 is 0. The van der Waals surface area contributed by atoms with Crippen LogP contribution in [-0.2, 0) is 9.63 Å². The van der Waals surface area contributed by atoms with Crippen LogP contribution < -0.4 is 10.8 Å². The Morgan fingerprint density at radius 3 is 2.40 bits per heavy atom. The molecule has 1 unspecified atom stereocenters. The molecule has 0 spiro atoms. The number of carbonyl (C=O) groups is 2. The van der Waals surface area contributed by atoms with Gasteiger partial charge in [0, 0.05) is 6.04 Å². The maximum atomic E-state index is 11.1. The van der Waals surface area contributed by atoms with Crippen molar-refractivity contribution in [3.8, 4) is 0 Å². The molecule has 15 heavy (non-hydrogen) atoms. The predicted molar refractivity (Wildman–Crippen MR) is 54.2 cm³/mol. The molecule has 0 aliphatic rings. The Morgan fingerprint density at radius 1 is 1.33 bits per heavy atom. The van der Waals surface area contributed by atoms with Crippen molar-refractivity contribution in [3.63, 3.8) is 0 Å². The Bertz CT molecular complexity index is 218. The molecular formula is C9H18N2O4. The molecule has 0 heterocycles. The summed E-state index contributed by atoms with van der Waals surface area (Å²) in [6.07, 6.45) is 0.854. The molecule has 0 aliphatic heterocycles. The van der Waals surface area contributed by atoms with E-state index < -0.39 is 18.6 Å². The normalized spacial score (nSPS) is 12.3. The van der Waals surface area contributed by atoms with Crippen molar-refractivity contribution in [3.05, 3.63) is 0 Å². The Kier molecular flexibility index (Phi) is 6.44. The molecule has 6 heteroatoms. The zero-order chi connectivity index (χ0) is 11.8. The fraction of sp³-hybridized carbons (Fsp3) is 0.778. The monoisotopic (exact) mass is 218 g/mol. The van der Waals surface area contributed by atoms with Gasteiger partial charge in [-0.2, -0.15) is 0 Å². The van der Waals surface area contributed by atoms with Crippen LogP contribution in [0.4, 0.5) is 4.79 Å². The minimum atomic E-state index is -1.13. The summed E-state index contributed by atoms with van der Waals surface area (Å²) in [7, 11) is 0. The average molecular weight is 218 g/mol. The standard InChI is InChI=1S/C9H18N2O4/c1-6(2)4-7(3)10-9(14)11-15-5-8(12)13/h6-7H,4-5H2,1-3H3,(H,12,13)(H2,10,11,14). The summed E-state index contributed by atoms with van der Waals surface area (Å²) in [5.41, 5.74) is 1.99. The lowest BCUT2D eigenvalue weighted by atomic mass is 10.1. The number of rotatable bonds is 6. The third-order valence-corrected chi connectivity index (χ3v) is 1.56. The molecule has 0 aromatic rings. The van der Waals surface area contributed by atoms with Crippen LogP contribution in [0.25, 0.3) is 0 Å². The number of carbonyl (C=O) groups excluding carboxylic acids is 1. The lowest BCUT2D eigenvalue weighted by molar-refractivity contribution is -0.144. The zero-order valence-electron chi connectivity index (χ0n) is 9.24. The summed E-state index contributed by atoms with van der Waals surface area (Å²) in [5, 5.41) is 10.8. The van der Waals surface area contributed by atoms with E-state index in [0.717, 1.165) is 6.42 Å². The second-order valence-corrected chi connectivity index (χ2v) is 3.79. The molecule has 0 saturated heterocycles. The first-order chi connectivity index (χ1) is 6.91. The number of carboxylic acid groups (broad SMARTS) is 1. The fourth-order valence-electron chi connectivity index (χ4n) is 1.18. The number of amides is 2. The molecule has 1 atom stereocenters. The Hall–Kier alpha value is -1.30. The van der Waals surface area contributed by atoms with Crippen molar-refractivity contribution < 1.29 is 19.5 Å². The SMILES string of the molecule is CC(C)CC(C)NC(=O)NOCC(=O)O. The number of hydroxylamine groups is 1. The van der Waals surface area contributed by atoms with Crippen LogP contribution in [0, 0.1) is 5.92 Å². The van der Waals surface area contributed by atoms with Crippen LogP contribution in [0.1, 0.15) is 27.2 Å². The Morgan fingerprint density at radius 2 is 1.93 bits per heavy atom. The molecule has 0 rings (SSSR count). The van der Waals surface area contributed by atoms with E-state index in [1.54, 1.807) is 0 Å². The molecule has 0 aliphatic carbocycles. The summed E-state index contributed by atoms with van der Waals surface area (Å²) in [4.78, 5) is 25.5. The van der Waals surface area contributed by atoms with Gasteiger partial charge >= 0.3 is 12.0 Å². The van der Waals surface area contributed by atoms with Crippen LogP contribution in [0.15, 0.2) is 0 Å². The molecule has 0 fully saturated rings. The third-order valence-electron chi connectivity index (χ3n) is 1.56. The zero-order valence-corrected chi connectivity index (χ0v) is 9.24.